The Morgan fingerprint density at radius 1 is 1.24 bits per heavy atom. The summed E-state index contributed by atoms with van der Waals surface area (Å²) >= 11 is 0. The van der Waals surface area contributed by atoms with Crippen LogP contribution in [0.25, 0.3) is 0 Å². The lowest BCUT2D eigenvalue weighted by Gasteiger charge is -2.44. The molecule has 5 nitrogen and oxygen atoms in total. The third kappa shape index (κ3) is 5.88. The van der Waals surface area contributed by atoms with Crippen molar-refractivity contribution < 1.29 is 23.4 Å². The Labute approximate surface area is 207 Å². The summed E-state index contributed by atoms with van der Waals surface area (Å²) in [5.74, 6) is 1.15. The summed E-state index contributed by atoms with van der Waals surface area (Å²) in [5.41, 5.74) is 3.35. The molecule has 3 rings (SSSR count). The molecule has 34 heavy (non-hydrogen) atoms. The van der Waals surface area contributed by atoms with E-state index in [1.165, 1.54) is 12.0 Å². The highest BCUT2D eigenvalue weighted by molar-refractivity contribution is 7.92. The molecule has 194 valence electrons. The predicted molar refractivity (Wildman–Crippen MR) is 138 cm³/mol. The number of aliphatic hydroxyl groups excluding tert-OH is 2. The van der Waals surface area contributed by atoms with Gasteiger partial charge in [0.25, 0.3) is 0 Å². The Morgan fingerprint density at radius 2 is 1.94 bits per heavy atom. The van der Waals surface area contributed by atoms with E-state index in [4.69, 9.17) is 4.74 Å². The van der Waals surface area contributed by atoms with Crippen molar-refractivity contribution in [3.8, 4) is 0 Å². The van der Waals surface area contributed by atoms with Gasteiger partial charge >= 0.3 is 0 Å². The molecule has 3 saturated carbocycles. The van der Waals surface area contributed by atoms with Gasteiger partial charge in [0.05, 0.1) is 28.8 Å². The highest BCUT2D eigenvalue weighted by Crippen LogP contribution is 2.58. The van der Waals surface area contributed by atoms with E-state index in [9.17, 15) is 18.6 Å². The molecule has 0 aliphatic heterocycles. The molecule has 2 N–H and O–H groups in total. The maximum absolute atomic E-state index is 12.4. The zero-order valence-electron chi connectivity index (χ0n) is 21.8. The number of hydrogen-bond acceptors (Lipinski definition) is 5. The van der Waals surface area contributed by atoms with Crippen LogP contribution < -0.4 is 0 Å². The van der Waals surface area contributed by atoms with E-state index in [0.29, 0.717) is 37.7 Å². The molecule has 3 aliphatic rings. The molecule has 3 aliphatic carbocycles. The Morgan fingerprint density at radius 3 is 2.62 bits per heavy atom. The summed E-state index contributed by atoms with van der Waals surface area (Å²) < 4.78 is 30.2. The molecule has 6 heteroatoms. The van der Waals surface area contributed by atoms with Crippen molar-refractivity contribution in [2.45, 2.75) is 109 Å². The first-order chi connectivity index (χ1) is 15.8. The van der Waals surface area contributed by atoms with Crippen molar-refractivity contribution in [3.63, 3.8) is 0 Å². The van der Waals surface area contributed by atoms with Crippen LogP contribution in [0.1, 0.15) is 86.0 Å². The van der Waals surface area contributed by atoms with E-state index in [1.54, 1.807) is 20.8 Å². The van der Waals surface area contributed by atoms with Crippen molar-refractivity contribution >= 4 is 9.84 Å². The molecule has 3 fully saturated rings. The van der Waals surface area contributed by atoms with Gasteiger partial charge in [-0.25, -0.2) is 8.42 Å². The molecule has 0 aromatic heterocycles. The van der Waals surface area contributed by atoms with Crippen LogP contribution >= 0.6 is 0 Å². The van der Waals surface area contributed by atoms with E-state index < -0.39 is 26.8 Å². The fraction of sp³-hybridized carbons (Fsp3) is 0.786. The van der Waals surface area contributed by atoms with Crippen LogP contribution in [-0.4, -0.2) is 54.0 Å². The molecule has 0 saturated heterocycles. The van der Waals surface area contributed by atoms with Crippen LogP contribution in [-0.2, 0) is 14.6 Å². The average Bonchev–Trinajstić information content (AvgIpc) is 3.09. The summed E-state index contributed by atoms with van der Waals surface area (Å²) in [6, 6.07) is 0. The molecule has 0 aromatic rings. The van der Waals surface area contributed by atoms with Crippen LogP contribution in [0.15, 0.2) is 35.5 Å². The maximum atomic E-state index is 12.4. The van der Waals surface area contributed by atoms with Gasteiger partial charge < -0.3 is 14.9 Å². The summed E-state index contributed by atoms with van der Waals surface area (Å²) in [5, 5.41) is 20.2. The van der Waals surface area contributed by atoms with Crippen molar-refractivity contribution in [1.82, 2.24) is 0 Å². The number of sulfone groups is 1. The predicted octanol–water partition coefficient (Wildman–Crippen LogP) is 5.14. The van der Waals surface area contributed by atoms with E-state index >= 15 is 0 Å². The second kappa shape index (κ2) is 10.6. The lowest BCUT2D eigenvalue weighted by molar-refractivity contribution is -0.0244. The molecule has 0 amide bonds. The molecule has 0 unspecified atom stereocenters. The first-order valence-corrected chi connectivity index (χ1v) is 14.7. The summed E-state index contributed by atoms with van der Waals surface area (Å²) in [6.45, 7) is 14.4. The summed E-state index contributed by atoms with van der Waals surface area (Å²) in [7, 11) is -3.11. The fourth-order valence-electron chi connectivity index (χ4n) is 6.46. The quantitative estimate of drug-likeness (QED) is 0.479. The van der Waals surface area contributed by atoms with Crippen molar-refractivity contribution in [1.29, 1.82) is 0 Å². The fourth-order valence-corrected chi connectivity index (χ4v) is 7.57. The number of aliphatic hydroxyl groups is 2. The highest BCUT2D eigenvalue weighted by atomic mass is 32.2. The molecule has 0 bridgehead atoms. The number of rotatable bonds is 7. The van der Waals surface area contributed by atoms with Crippen LogP contribution in [0, 0.1) is 17.3 Å². The van der Waals surface area contributed by atoms with Crippen LogP contribution in [0.2, 0.25) is 0 Å². The van der Waals surface area contributed by atoms with Gasteiger partial charge in [-0.1, -0.05) is 31.2 Å². The Kier molecular flexibility index (Phi) is 8.60. The number of fused-ring (bicyclic) bond motifs is 1. The molecule has 0 radical (unpaired) electrons. The van der Waals surface area contributed by atoms with Gasteiger partial charge in [0.15, 0.2) is 9.84 Å². The smallest absolute Gasteiger partial charge is 0.155 e. The number of ether oxygens (including phenoxy) is 1. The molecule has 0 heterocycles. The largest absolute Gasteiger partial charge is 0.393 e. The normalized spacial score (nSPS) is 36.1. The highest BCUT2D eigenvalue weighted by Gasteiger charge is 2.51. The average molecular weight is 495 g/mol. The zero-order chi connectivity index (χ0) is 25.3. The van der Waals surface area contributed by atoms with E-state index in [1.807, 2.05) is 0 Å². The summed E-state index contributed by atoms with van der Waals surface area (Å²) in [4.78, 5) is 0. The van der Waals surface area contributed by atoms with Gasteiger partial charge in [0, 0.05) is 13.0 Å². The van der Waals surface area contributed by atoms with Crippen molar-refractivity contribution in [3.05, 3.63) is 35.5 Å². The summed E-state index contributed by atoms with van der Waals surface area (Å²) in [6.07, 6.45) is 10.4. The van der Waals surface area contributed by atoms with Gasteiger partial charge in [-0.2, -0.15) is 0 Å². The zero-order valence-corrected chi connectivity index (χ0v) is 22.7. The first kappa shape index (κ1) is 27.6. The number of hydrogen-bond donors (Lipinski definition) is 2. The van der Waals surface area contributed by atoms with Crippen molar-refractivity contribution in [2.75, 3.05) is 12.4 Å². The van der Waals surface area contributed by atoms with Gasteiger partial charge in [-0.15, -0.1) is 0 Å². The van der Waals surface area contributed by atoms with Crippen LogP contribution in [0.5, 0.6) is 0 Å². The molecular weight excluding hydrogens is 448 g/mol. The van der Waals surface area contributed by atoms with Gasteiger partial charge in [-0.3, -0.25) is 0 Å². The Balaban J connectivity index is 1.63. The Bertz CT molecular complexity index is 910. The lowest BCUT2D eigenvalue weighted by Crippen LogP contribution is -2.39. The van der Waals surface area contributed by atoms with Crippen LogP contribution in [0.4, 0.5) is 0 Å². The third-order valence-corrected chi connectivity index (χ3v) is 11.4. The minimum Gasteiger partial charge on any atom is -0.393 e. The first-order valence-electron chi connectivity index (χ1n) is 13.0. The van der Waals surface area contributed by atoms with Gasteiger partial charge in [0.2, 0.25) is 0 Å². The van der Waals surface area contributed by atoms with Crippen molar-refractivity contribution in [2.24, 2.45) is 17.3 Å². The minimum absolute atomic E-state index is 0.105. The third-order valence-electron chi connectivity index (χ3n) is 8.74. The SMILES string of the molecule is C=C1C(=CC=C2CCC[C@]3(C)[C@@H]([C@@H](C)OCCCS(=O)(=O)C(C)(C)C)CC[C@@H]23)C[C@@H](O)C[C@@H]1O. The second-order valence-corrected chi connectivity index (χ2v) is 14.9. The lowest BCUT2D eigenvalue weighted by atomic mass is 9.62. The van der Waals surface area contributed by atoms with Gasteiger partial charge in [0.1, 0.15) is 0 Å². The number of allylic oxidation sites excluding steroid dienone is 3. The Hall–Kier alpha value is -0.950. The molecular formula is C28H46O5S. The van der Waals surface area contributed by atoms with E-state index in [2.05, 4.69) is 32.6 Å². The van der Waals surface area contributed by atoms with E-state index in [0.717, 1.165) is 36.8 Å². The van der Waals surface area contributed by atoms with Gasteiger partial charge in [-0.05, 0) is 101 Å². The van der Waals surface area contributed by atoms with Crippen LogP contribution in [0.3, 0.4) is 0 Å². The van der Waals surface area contributed by atoms with E-state index in [-0.39, 0.29) is 17.3 Å². The topological polar surface area (TPSA) is 83.8 Å². The second-order valence-electron chi connectivity index (χ2n) is 12.0. The monoisotopic (exact) mass is 494 g/mol. The molecule has 0 spiro atoms. The molecule has 0 aromatic carbocycles. The maximum Gasteiger partial charge on any atom is 0.155 e. The minimum atomic E-state index is -3.11. The molecule has 6 atom stereocenters. The standard InChI is InChI=1S/C28H46O5S/c1-19-22(17-23(29)18-26(19)30)11-10-21-9-7-14-28(6)24(12-13-25(21)28)20(2)33-15-8-16-34(31,32)27(3,4)5/h10-11,20,23-26,29-30H,1,7-9,12-18H2,2-6H3/t20-,23-,24-,25+,26+,28-/m1/s1.